The van der Waals surface area contributed by atoms with Crippen LogP contribution in [-0.2, 0) is 0 Å². The van der Waals surface area contributed by atoms with Crippen molar-refractivity contribution < 1.29 is 0 Å². The first-order valence-corrected chi connectivity index (χ1v) is 7.39. The van der Waals surface area contributed by atoms with Crippen molar-refractivity contribution in [1.29, 1.82) is 0 Å². The van der Waals surface area contributed by atoms with E-state index in [2.05, 4.69) is 23.9 Å². The molecule has 0 atom stereocenters. The molecule has 104 valence electrons. The fraction of sp³-hybridized carbons (Fsp3) is 0.600. The van der Waals surface area contributed by atoms with Gasteiger partial charge in [0.05, 0.1) is 5.56 Å². The average molecular weight is 277 g/mol. The van der Waals surface area contributed by atoms with Crippen molar-refractivity contribution in [3.8, 4) is 0 Å². The van der Waals surface area contributed by atoms with Gasteiger partial charge in [-0.05, 0) is 44.2 Å². The van der Waals surface area contributed by atoms with Gasteiger partial charge in [-0.1, -0.05) is 25.1 Å². The standard InChI is InChI=1S/C15H23N3S/c1-10-8-11(2)17-15(13(10)14(16)19)18(3)9-12-6-4-5-7-12/h8,12H,4-7,9H2,1-3H3,(H2,16,19). The van der Waals surface area contributed by atoms with Crippen molar-refractivity contribution in [1.82, 2.24) is 4.98 Å². The molecule has 0 amide bonds. The third-order valence-electron chi connectivity index (χ3n) is 3.94. The van der Waals surface area contributed by atoms with Gasteiger partial charge in [0.25, 0.3) is 0 Å². The minimum absolute atomic E-state index is 0.443. The lowest BCUT2D eigenvalue weighted by molar-refractivity contribution is 0.544. The van der Waals surface area contributed by atoms with Gasteiger partial charge in [0.2, 0.25) is 0 Å². The molecule has 0 unspecified atom stereocenters. The molecule has 2 N–H and O–H groups in total. The molecular weight excluding hydrogens is 254 g/mol. The monoisotopic (exact) mass is 277 g/mol. The second-order valence-corrected chi connectivity index (χ2v) is 6.11. The summed E-state index contributed by atoms with van der Waals surface area (Å²) in [5.74, 6) is 1.73. The van der Waals surface area contributed by atoms with Crippen LogP contribution in [0.2, 0.25) is 0 Å². The smallest absolute Gasteiger partial charge is 0.139 e. The number of hydrogen-bond donors (Lipinski definition) is 1. The Bertz CT molecular complexity index is 479. The SMILES string of the molecule is Cc1cc(C)c(C(N)=S)c(N(C)CC2CCCC2)n1. The quantitative estimate of drug-likeness (QED) is 0.859. The van der Waals surface area contributed by atoms with Crippen LogP contribution in [0.3, 0.4) is 0 Å². The highest BCUT2D eigenvalue weighted by molar-refractivity contribution is 7.80. The van der Waals surface area contributed by atoms with Gasteiger partial charge >= 0.3 is 0 Å². The number of rotatable bonds is 4. The molecule has 0 aromatic carbocycles. The zero-order valence-electron chi connectivity index (χ0n) is 12.1. The largest absolute Gasteiger partial charge is 0.389 e. The van der Waals surface area contributed by atoms with E-state index in [1.807, 2.05) is 13.0 Å². The van der Waals surface area contributed by atoms with Gasteiger partial charge in [-0.15, -0.1) is 0 Å². The minimum Gasteiger partial charge on any atom is -0.389 e. The summed E-state index contributed by atoms with van der Waals surface area (Å²) in [5.41, 5.74) is 8.95. The minimum atomic E-state index is 0.443. The highest BCUT2D eigenvalue weighted by atomic mass is 32.1. The van der Waals surface area contributed by atoms with E-state index in [4.69, 9.17) is 18.0 Å². The van der Waals surface area contributed by atoms with Gasteiger partial charge in [0.1, 0.15) is 10.8 Å². The van der Waals surface area contributed by atoms with E-state index in [0.29, 0.717) is 4.99 Å². The molecule has 3 nitrogen and oxygen atoms in total. The van der Waals surface area contributed by atoms with Gasteiger partial charge in [0.15, 0.2) is 0 Å². The van der Waals surface area contributed by atoms with E-state index < -0.39 is 0 Å². The molecule has 0 spiro atoms. The topological polar surface area (TPSA) is 42.1 Å². The number of nitrogens with two attached hydrogens (primary N) is 1. The normalized spacial score (nSPS) is 15.7. The average Bonchev–Trinajstić information content (AvgIpc) is 2.79. The molecule has 1 heterocycles. The van der Waals surface area contributed by atoms with E-state index in [9.17, 15) is 0 Å². The van der Waals surface area contributed by atoms with Gasteiger partial charge in [-0.25, -0.2) is 4.98 Å². The Morgan fingerprint density at radius 1 is 1.42 bits per heavy atom. The maximum atomic E-state index is 5.88. The van der Waals surface area contributed by atoms with Crippen molar-refractivity contribution in [3.05, 3.63) is 22.9 Å². The maximum Gasteiger partial charge on any atom is 0.139 e. The van der Waals surface area contributed by atoms with Crippen LogP contribution in [0.5, 0.6) is 0 Å². The Hall–Kier alpha value is -1.16. The Labute approximate surface area is 121 Å². The molecule has 2 rings (SSSR count). The Kier molecular flexibility index (Phi) is 4.40. The predicted molar refractivity (Wildman–Crippen MR) is 84.8 cm³/mol. The summed E-state index contributed by atoms with van der Waals surface area (Å²) in [6, 6.07) is 2.04. The maximum absolute atomic E-state index is 5.88. The van der Waals surface area contributed by atoms with E-state index in [0.717, 1.165) is 35.1 Å². The van der Waals surface area contributed by atoms with Crippen molar-refractivity contribution in [2.45, 2.75) is 39.5 Å². The van der Waals surface area contributed by atoms with E-state index in [-0.39, 0.29) is 0 Å². The van der Waals surface area contributed by atoms with Crippen molar-refractivity contribution >= 4 is 23.0 Å². The first-order chi connectivity index (χ1) is 8.99. The molecule has 1 aromatic rings. The third-order valence-corrected chi connectivity index (χ3v) is 4.14. The third kappa shape index (κ3) is 3.24. The highest BCUT2D eigenvalue weighted by Gasteiger charge is 2.20. The lowest BCUT2D eigenvalue weighted by Crippen LogP contribution is -2.28. The van der Waals surface area contributed by atoms with Gasteiger partial charge in [-0.2, -0.15) is 0 Å². The van der Waals surface area contributed by atoms with Crippen molar-refractivity contribution in [2.24, 2.45) is 11.7 Å². The molecule has 0 saturated heterocycles. The molecule has 0 radical (unpaired) electrons. The van der Waals surface area contributed by atoms with Crippen LogP contribution >= 0.6 is 12.2 Å². The summed E-state index contributed by atoms with van der Waals surface area (Å²) < 4.78 is 0. The Morgan fingerprint density at radius 2 is 2.05 bits per heavy atom. The van der Waals surface area contributed by atoms with Crippen LogP contribution in [0.15, 0.2) is 6.07 Å². The molecule has 1 aliphatic carbocycles. The fourth-order valence-electron chi connectivity index (χ4n) is 3.06. The number of aromatic nitrogens is 1. The van der Waals surface area contributed by atoms with Gasteiger partial charge in [0, 0.05) is 19.3 Å². The summed E-state index contributed by atoms with van der Waals surface area (Å²) in [6.07, 6.45) is 5.39. The van der Waals surface area contributed by atoms with Crippen LogP contribution in [0, 0.1) is 19.8 Å². The second-order valence-electron chi connectivity index (χ2n) is 5.67. The predicted octanol–water partition coefficient (Wildman–Crippen LogP) is 2.96. The molecule has 19 heavy (non-hydrogen) atoms. The molecule has 4 heteroatoms. The Balaban J connectivity index is 2.28. The summed E-state index contributed by atoms with van der Waals surface area (Å²) in [7, 11) is 2.10. The van der Waals surface area contributed by atoms with E-state index >= 15 is 0 Å². The first kappa shape index (κ1) is 14.3. The first-order valence-electron chi connectivity index (χ1n) is 6.98. The van der Waals surface area contributed by atoms with Gasteiger partial charge < -0.3 is 10.6 Å². The zero-order chi connectivity index (χ0) is 14.0. The molecule has 1 aliphatic rings. The van der Waals surface area contributed by atoms with Crippen LogP contribution < -0.4 is 10.6 Å². The molecule has 1 aromatic heterocycles. The van der Waals surface area contributed by atoms with Crippen LogP contribution in [0.4, 0.5) is 5.82 Å². The number of hydrogen-bond acceptors (Lipinski definition) is 3. The number of thiocarbonyl (C=S) groups is 1. The molecular formula is C15H23N3S. The van der Waals surface area contributed by atoms with Crippen LogP contribution in [-0.4, -0.2) is 23.6 Å². The van der Waals surface area contributed by atoms with Crippen LogP contribution in [0.1, 0.15) is 42.5 Å². The number of pyridine rings is 1. The molecule has 0 bridgehead atoms. The molecule has 1 fully saturated rings. The summed E-state index contributed by atoms with van der Waals surface area (Å²) in [6.45, 7) is 5.12. The number of anilines is 1. The fourth-order valence-corrected chi connectivity index (χ4v) is 3.32. The lowest BCUT2D eigenvalue weighted by Gasteiger charge is -2.25. The van der Waals surface area contributed by atoms with Crippen LogP contribution in [0.25, 0.3) is 0 Å². The molecule has 0 aliphatic heterocycles. The highest BCUT2D eigenvalue weighted by Crippen LogP contribution is 2.28. The van der Waals surface area contributed by atoms with Crippen molar-refractivity contribution in [3.63, 3.8) is 0 Å². The second kappa shape index (κ2) is 5.87. The summed E-state index contributed by atoms with van der Waals surface area (Å²) in [4.78, 5) is 7.33. The number of aryl methyl sites for hydroxylation is 2. The van der Waals surface area contributed by atoms with E-state index in [1.165, 1.54) is 25.7 Å². The Morgan fingerprint density at radius 3 is 2.63 bits per heavy atom. The van der Waals surface area contributed by atoms with Gasteiger partial charge in [-0.3, -0.25) is 0 Å². The summed E-state index contributed by atoms with van der Waals surface area (Å²) >= 11 is 5.19. The lowest BCUT2D eigenvalue weighted by atomic mass is 10.1. The van der Waals surface area contributed by atoms with E-state index in [1.54, 1.807) is 0 Å². The van der Waals surface area contributed by atoms with Crippen molar-refractivity contribution in [2.75, 3.05) is 18.5 Å². The molecule has 1 saturated carbocycles. The zero-order valence-corrected chi connectivity index (χ0v) is 12.9. The summed E-state index contributed by atoms with van der Waals surface area (Å²) in [5, 5.41) is 0. The number of nitrogens with zero attached hydrogens (tertiary/aromatic N) is 2.